The zero-order valence-electron chi connectivity index (χ0n) is 18.4. The van der Waals surface area contributed by atoms with Crippen molar-refractivity contribution in [2.24, 2.45) is 0 Å². The Morgan fingerprint density at radius 3 is 2.70 bits per heavy atom. The maximum absolute atomic E-state index is 12.5. The number of rotatable bonds is 6. The fourth-order valence-electron chi connectivity index (χ4n) is 4.72. The molecule has 30 heavy (non-hydrogen) atoms. The third kappa shape index (κ3) is 5.19. The molecular weight excluding hydrogens is 378 g/mol. The van der Waals surface area contributed by atoms with Crippen LogP contribution in [-0.4, -0.2) is 76.6 Å². The number of carbonyl (C=O) groups is 1. The zero-order valence-corrected chi connectivity index (χ0v) is 18.4. The second kappa shape index (κ2) is 9.43. The highest BCUT2D eigenvalue weighted by Gasteiger charge is 2.42. The van der Waals surface area contributed by atoms with Crippen LogP contribution in [-0.2, 0) is 4.74 Å². The molecule has 1 amide bonds. The van der Waals surface area contributed by atoms with Crippen molar-refractivity contribution >= 4 is 11.7 Å². The van der Waals surface area contributed by atoms with Crippen LogP contribution in [0.3, 0.4) is 0 Å². The van der Waals surface area contributed by atoms with E-state index in [0.29, 0.717) is 18.1 Å². The van der Waals surface area contributed by atoms with E-state index in [1.165, 1.54) is 5.57 Å². The lowest BCUT2D eigenvalue weighted by Crippen LogP contribution is -2.44. The number of nitrogens with zero attached hydrogens (tertiary/aromatic N) is 4. The third-order valence-electron chi connectivity index (χ3n) is 6.62. The van der Waals surface area contributed by atoms with Crippen molar-refractivity contribution in [1.82, 2.24) is 19.8 Å². The second-order valence-corrected chi connectivity index (χ2v) is 9.21. The molecular formula is C23H35N5O2. The molecule has 3 aliphatic rings. The molecule has 4 rings (SSSR count). The SMILES string of the molecule is CC(C)=CCN1CCC2(CCC(CNc3cncc(C(=O)N4CCCC4)n3)O2)CC1. The molecule has 1 unspecified atom stereocenters. The Balaban J connectivity index is 1.25. The Hall–Kier alpha value is -1.99. The minimum atomic E-state index is -0.0143. The van der Waals surface area contributed by atoms with Crippen LogP contribution in [0, 0.1) is 0 Å². The Kier molecular flexibility index (Phi) is 6.68. The second-order valence-electron chi connectivity index (χ2n) is 9.21. The minimum Gasteiger partial charge on any atom is -0.370 e. The Bertz CT molecular complexity index is 763. The summed E-state index contributed by atoms with van der Waals surface area (Å²) in [5.41, 5.74) is 1.86. The molecule has 1 aromatic heterocycles. The summed E-state index contributed by atoms with van der Waals surface area (Å²) in [5, 5.41) is 3.35. The first-order valence-electron chi connectivity index (χ1n) is 11.4. The number of piperidine rings is 1. The number of carbonyl (C=O) groups excluding carboxylic acids is 1. The van der Waals surface area contributed by atoms with Crippen molar-refractivity contribution in [2.45, 2.75) is 64.1 Å². The van der Waals surface area contributed by atoms with Gasteiger partial charge in [-0.25, -0.2) is 4.98 Å². The van der Waals surface area contributed by atoms with E-state index in [4.69, 9.17) is 4.74 Å². The van der Waals surface area contributed by atoms with Crippen molar-refractivity contribution in [3.8, 4) is 0 Å². The van der Waals surface area contributed by atoms with Gasteiger partial charge in [0.25, 0.3) is 5.91 Å². The van der Waals surface area contributed by atoms with Gasteiger partial charge in [-0.1, -0.05) is 11.6 Å². The van der Waals surface area contributed by atoms with Gasteiger partial charge in [-0.3, -0.25) is 14.7 Å². The number of amides is 1. The van der Waals surface area contributed by atoms with E-state index in [1.807, 2.05) is 4.90 Å². The van der Waals surface area contributed by atoms with E-state index in [9.17, 15) is 4.79 Å². The maximum Gasteiger partial charge on any atom is 0.274 e. The predicted octanol–water partition coefficient (Wildman–Crippen LogP) is 3.10. The van der Waals surface area contributed by atoms with Crippen LogP contribution in [0.4, 0.5) is 5.82 Å². The molecule has 3 saturated heterocycles. The Morgan fingerprint density at radius 1 is 1.20 bits per heavy atom. The highest BCUT2D eigenvalue weighted by atomic mass is 16.5. The number of aromatic nitrogens is 2. The van der Waals surface area contributed by atoms with Gasteiger partial charge in [0.1, 0.15) is 11.5 Å². The number of hydrogen-bond donors (Lipinski definition) is 1. The van der Waals surface area contributed by atoms with Gasteiger partial charge < -0.3 is 15.0 Å². The van der Waals surface area contributed by atoms with Gasteiger partial charge in [-0.15, -0.1) is 0 Å². The van der Waals surface area contributed by atoms with Crippen LogP contribution in [0.25, 0.3) is 0 Å². The topological polar surface area (TPSA) is 70.6 Å². The molecule has 1 aromatic rings. The van der Waals surface area contributed by atoms with Crippen molar-refractivity contribution in [3.63, 3.8) is 0 Å². The molecule has 1 atom stereocenters. The molecule has 3 aliphatic heterocycles. The highest BCUT2D eigenvalue weighted by molar-refractivity contribution is 5.92. The lowest BCUT2D eigenvalue weighted by molar-refractivity contribution is -0.0715. The van der Waals surface area contributed by atoms with Gasteiger partial charge in [-0.05, 0) is 52.4 Å². The number of ether oxygens (including phenoxy) is 1. The van der Waals surface area contributed by atoms with E-state index in [0.717, 1.165) is 71.2 Å². The molecule has 0 saturated carbocycles. The molecule has 1 spiro atoms. The van der Waals surface area contributed by atoms with Crippen LogP contribution in [0.2, 0.25) is 0 Å². The molecule has 7 heteroatoms. The highest BCUT2D eigenvalue weighted by Crippen LogP contribution is 2.38. The Labute approximate surface area is 179 Å². The molecule has 164 valence electrons. The van der Waals surface area contributed by atoms with Crippen LogP contribution >= 0.6 is 0 Å². The van der Waals surface area contributed by atoms with E-state index < -0.39 is 0 Å². The fraction of sp³-hybridized carbons (Fsp3) is 0.696. The lowest BCUT2D eigenvalue weighted by atomic mass is 9.88. The summed E-state index contributed by atoms with van der Waals surface area (Å²) in [6.45, 7) is 9.93. The van der Waals surface area contributed by atoms with Crippen molar-refractivity contribution < 1.29 is 9.53 Å². The van der Waals surface area contributed by atoms with Crippen LogP contribution in [0.5, 0.6) is 0 Å². The fourth-order valence-corrected chi connectivity index (χ4v) is 4.72. The summed E-state index contributed by atoms with van der Waals surface area (Å²) in [6.07, 6.45) is 12.3. The van der Waals surface area contributed by atoms with E-state index >= 15 is 0 Å². The number of allylic oxidation sites excluding steroid dienone is 1. The van der Waals surface area contributed by atoms with Gasteiger partial charge in [0.05, 0.1) is 24.1 Å². The standard InChI is InChI=1S/C23H35N5O2/c1-18(2)6-12-27-13-8-23(9-14-27)7-5-19(30-23)15-25-21-17-24-16-20(26-21)22(29)28-10-3-4-11-28/h6,16-17,19H,3-5,7-15H2,1-2H3,(H,25,26). The van der Waals surface area contributed by atoms with E-state index in [-0.39, 0.29) is 17.6 Å². The first-order chi connectivity index (χ1) is 14.5. The third-order valence-corrected chi connectivity index (χ3v) is 6.62. The summed E-state index contributed by atoms with van der Waals surface area (Å²) in [6, 6.07) is 0. The van der Waals surface area contributed by atoms with Crippen LogP contribution in [0.1, 0.15) is 62.9 Å². The molecule has 3 fully saturated rings. The molecule has 0 bridgehead atoms. The van der Waals surface area contributed by atoms with Gasteiger partial charge >= 0.3 is 0 Å². The van der Waals surface area contributed by atoms with Crippen molar-refractivity contribution in [1.29, 1.82) is 0 Å². The van der Waals surface area contributed by atoms with Gasteiger partial charge in [0, 0.05) is 39.3 Å². The molecule has 0 aliphatic carbocycles. The quantitative estimate of drug-likeness (QED) is 0.723. The molecule has 4 heterocycles. The zero-order chi connectivity index (χ0) is 21.0. The molecule has 0 radical (unpaired) electrons. The van der Waals surface area contributed by atoms with E-state index in [2.05, 4.69) is 40.1 Å². The summed E-state index contributed by atoms with van der Waals surface area (Å²) in [7, 11) is 0. The monoisotopic (exact) mass is 413 g/mol. The summed E-state index contributed by atoms with van der Waals surface area (Å²) in [4.78, 5) is 25.6. The smallest absolute Gasteiger partial charge is 0.274 e. The van der Waals surface area contributed by atoms with E-state index in [1.54, 1.807) is 12.4 Å². The number of likely N-dealkylation sites (tertiary alicyclic amines) is 2. The molecule has 1 N–H and O–H groups in total. The normalized spacial score (nSPS) is 23.7. The lowest BCUT2D eigenvalue weighted by Gasteiger charge is -2.39. The van der Waals surface area contributed by atoms with Gasteiger partial charge in [0.2, 0.25) is 0 Å². The number of hydrogen-bond acceptors (Lipinski definition) is 6. The van der Waals surface area contributed by atoms with Gasteiger partial charge in [0.15, 0.2) is 0 Å². The average Bonchev–Trinajstić information content (AvgIpc) is 3.42. The first kappa shape index (κ1) is 21.2. The summed E-state index contributed by atoms with van der Waals surface area (Å²) in [5.74, 6) is 0.640. The number of anilines is 1. The summed E-state index contributed by atoms with van der Waals surface area (Å²) >= 11 is 0. The minimum absolute atomic E-state index is 0.0143. The number of nitrogens with one attached hydrogen (secondary N) is 1. The molecule has 7 nitrogen and oxygen atoms in total. The average molecular weight is 414 g/mol. The van der Waals surface area contributed by atoms with Crippen molar-refractivity contribution in [3.05, 3.63) is 29.7 Å². The molecule has 0 aromatic carbocycles. The Morgan fingerprint density at radius 2 is 1.97 bits per heavy atom. The van der Waals surface area contributed by atoms with Crippen LogP contribution < -0.4 is 5.32 Å². The van der Waals surface area contributed by atoms with Gasteiger partial charge in [-0.2, -0.15) is 0 Å². The first-order valence-corrected chi connectivity index (χ1v) is 11.4. The predicted molar refractivity (Wildman–Crippen MR) is 118 cm³/mol. The van der Waals surface area contributed by atoms with Crippen molar-refractivity contribution in [2.75, 3.05) is 44.6 Å². The largest absolute Gasteiger partial charge is 0.370 e. The maximum atomic E-state index is 12.5. The summed E-state index contributed by atoms with van der Waals surface area (Å²) < 4.78 is 6.52. The van der Waals surface area contributed by atoms with Crippen LogP contribution in [0.15, 0.2) is 24.0 Å².